The molecule has 0 radical (unpaired) electrons. The molecular weight excluding hydrogens is 314 g/mol. The van der Waals surface area contributed by atoms with Crippen LogP contribution in [0.15, 0.2) is 24.3 Å². The van der Waals surface area contributed by atoms with Gasteiger partial charge >= 0.3 is 0 Å². The Kier molecular flexibility index (Phi) is 5.42. The van der Waals surface area contributed by atoms with Crippen LogP contribution in [0.1, 0.15) is 31.9 Å². The molecule has 0 aliphatic carbocycles. The summed E-state index contributed by atoms with van der Waals surface area (Å²) in [6, 6.07) is 8.45. The minimum Gasteiger partial charge on any atom is -0.339 e. The Hall–Kier alpha value is -1.88. The van der Waals surface area contributed by atoms with Gasteiger partial charge in [0.15, 0.2) is 0 Å². The van der Waals surface area contributed by atoms with E-state index in [2.05, 4.69) is 43.0 Å². The van der Waals surface area contributed by atoms with E-state index in [0.29, 0.717) is 26.2 Å². The molecular formula is C20H29N3O2. The van der Waals surface area contributed by atoms with Crippen LogP contribution in [0.5, 0.6) is 0 Å². The van der Waals surface area contributed by atoms with Crippen LogP contribution in [0.3, 0.4) is 0 Å². The first-order chi connectivity index (χ1) is 12.0. The highest BCUT2D eigenvalue weighted by molar-refractivity contribution is 5.82. The van der Waals surface area contributed by atoms with Crippen LogP contribution in [-0.4, -0.2) is 65.3 Å². The summed E-state index contributed by atoms with van der Waals surface area (Å²) in [4.78, 5) is 30.8. The van der Waals surface area contributed by atoms with E-state index in [-0.39, 0.29) is 23.8 Å². The number of carbonyl (C=O) groups excluding carboxylic acids is 2. The number of hydrogen-bond donors (Lipinski definition) is 0. The molecule has 2 aliphatic rings. The molecule has 1 saturated heterocycles. The lowest BCUT2D eigenvalue weighted by molar-refractivity contribution is -0.144. The first-order valence-corrected chi connectivity index (χ1v) is 9.32. The van der Waals surface area contributed by atoms with Crippen molar-refractivity contribution < 1.29 is 9.59 Å². The van der Waals surface area contributed by atoms with Crippen molar-refractivity contribution in [1.82, 2.24) is 14.7 Å². The SMILES string of the molecule is CC(=O)N1CCN(C(=O)[C@@H](C(C)C)N2CCc3ccccc3C2)CC1. The van der Waals surface area contributed by atoms with Crippen molar-refractivity contribution in [2.75, 3.05) is 32.7 Å². The largest absolute Gasteiger partial charge is 0.339 e. The zero-order chi connectivity index (χ0) is 18.0. The van der Waals surface area contributed by atoms with Crippen LogP contribution in [0.4, 0.5) is 0 Å². The average molecular weight is 343 g/mol. The van der Waals surface area contributed by atoms with E-state index >= 15 is 0 Å². The van der Waals surface area contributed by atoms with Crippen molar-refractivity contribution >= 4 is 11.8 Å². The molecule has 1 atom stereocenters. The van der Waals surface area contributed by atoms with E-state index in [1.54, 1.807) is 6.92 Å². The molecule has 25 heavy (non-hydrogen) atoms. The molecule has 3 rings (SSSR count). The van der Waals surface area contributed by atoms with E-state index in [1.807, 2.05) is 9.80 Å². The maximum atomic E-state index is 13.2. The van der Waals surface area contributed by atoms with Crippen LogP contribution in [0, 0.1) is 5.92 Å². The van der Waals surface area contributed by atoms with Crippen LogP contribution < -0.4 is 0 Å². The Labute approximate surface area is 150 Å². The van der Waals surface area contributed by atoms with E-state index in [9.17, 15) is 9.59 Å². The molecule has 0 saturated carbocycles. The number of piperazine rings is 1. The van der Waals surface area contributed by atoms with Gasteiger partial charge in [0.1, 0.15) is 0 Å². The van der Waals surface area contributed by atoms with Crippen molar-refractivity contribution in [3.05, 3.63) is 35.4 Å². The predicted molar refractivity (Wildman–Crippen MR) is 98.0 cm³/mol. The first kappa shape index (κ1) is 17.9. The number of benzene rings is 1. The van der Waals surface area contributed by atoms with E-state index in [1.165, 1.54) is 11.1 Å². The highest BCUT2D eigenvalue weighted by Crippen LogP contribution is 2.24. The summed E-state index contributed by atoms with van der Waals surface area (Å²) in [5, 5.41) is 0. The summed E-state index contributed by atoms with van der Waals surface area (Å²) in [5.41, 5.74) is 2.75. The van der Waals surface area contributed by atoms with Crippen molar-refractivity contribution in [1.29, 1.82) is 0 Å². The Balaban J connectivity index is 1.69. The Morgan fingerprint density at radius 2 is 1.52 bits per heavy atom. The Morgan fingerprint density at radius 3 is 2.12 bits per heavy atom. The molecule has 2 amide bonds. The normalized spacial score (nSPS) is 19.7. The number of nitrogens with zero attached hydrogens (tertiary/aromatic N) is 3. The fourth-order valence-electron chi connectivity index (χ4n) is 4.05. The molecule has 1 aromatic carbocycles. The monoisotopic (exact) mass is 343 g/mol. The summed E-state index contributed by atoms with van der Waals surface area (Å²) in [7, 11) is 0. The summed E-state index contributed by atoms with van der Waals surface area (Å²) in [6.07, 6.45) is 1.00. The van der Waals surface area contributed by atoms with Gasteiger partial charge in [0.2, 0.25) is 11.8 Å². The Morgan fingerprint density at radius 1 is 0.920 bits per heavy atom. The van der Waals surface area contributed by atoms with Gasteiger partial charge in [0.05, 0.1) is 6.04 Å². The summed E-state index contributed by atoms with van der Waals surface area (Å²) < 4.78 is 0. The van der Waals surface area contributed by atoms with Gasteiger partial charge in [-0.05, 0) is 23.5 Å². The molecule has 0 bridgehead atoms. The van der Waals surface area contributed by atoms with E-state index in [4.69, 9.17) is 0 Å². The molecule has 0 N–H and O–H groups in total. The molecule has 5 heteroatoms. The second-order valence-corrected chi connectivity index (χ2v) is 7.51. The van der Waals surface area contributed by atoms with Gasteiger partial charge in [0, 0.05) is 46.2 Å². The topological polar surface area (TPSA) is 43.9 Å². The summed E-state index contributed by atoms with van der Waals surface area (Å²) >= 11 is 0. The van der Waals surface area contributed by atoms with Gasteiger partial charge in [-0.15, -0.1) is 0 Å². The minimum absolute atomic E-state index is 0.0859. The summed E-state index contributed by atoms with van der Waals surface area (Å²) in [6.45, 7) is 10.2. The average Bonchev–Trinajstić information content (AvgIpc) is 2.61. The lowest BCUT2D eigenvalue weighted by Crippen LogP contribution is -2.57. The molecule has 0 spiro atoms. The summed E-state index contributed by atoms with van der Waals surface area (Å²) in [5.74, 6) is 0.585. The Bertz CT molecular complexity index is 636. The maximum Gasteiger partial charge on any atom is 0.240 e. The number of rotatable bonds is 3. The highest BCUT2D eigenvalue weighted by atomic mass is 16.2. The standard InChI is InChI=1S/C20H29N3O2/c1-15(2)19(20(25)22-12-10-21(11-13-22)16(3)24)23-9-8-17-6-4-5-7-18(17)14-23/h4-7,15,19H,8-14H2,1-3H3/t19-/m1/s1. The fraction of sp³-hybridized carbons (Fsp3) is 0.600. The number of hydrogen-bond acceptors (Lipinski definition) is 3. The third-order valence-corrected chi connectivity index (χ3v) is 5.47. The van der Waals surface area contributed by atoms with Gasteiger partial charge in [-0.3, -0.25) is 14.5 Å². The first-order valence-electron chi connectivity index (χ1n) is 9.32. The van der Waals surface area contributed by atoms with Crippen molar-refractivity contribution in [2.45, 2.75) is 39.8 Å². The van der Waals surface area contributed by atoms with Gasteiger partial charge in [-0.1, -0.05) is 38.1 Å². The van der Waals surface area contributed by atoms with Crippen molar-refractivity contribution in [2.24, 2.45) is 5.92 Å². The highest BCUT2D eigenvalue weighted by Gasteiger charge is 2.35. The van der Waals surface area contributed by atoms with Gasteiger partial charge in [0.25, 0.3) is 0 Å². The lowest BCUT2D eigenvalue weighted by atomic mass is 9.94. The van der Waals surface area contributed by atoms with Gasteiger partial charge in [-0.2, -0.15) is 0 Å². The smallest absolute Gasteiger partial charge is 0.240 e. The third kappa shape index (κ3) is 3.87. The third-order valence-electron chi connectivity index (χ3n) is 5.47. The lowest BCUT2D eigenvalue weighted by Gasteiger charge is -2.41. The van der Waals surface area contributed by atoms with E-state index < -0.39 is 0 Å². The molecule has 2 aliphatic heterocycles. The van der Waals surface area contributed by atoms with Crippen LogP contribution in [0.25, 0.3) is 0 Å². The zero-order valence-electron chi connectivity index (χ0n) is 15.6. The molecule has 136 valence electrons. The molecule has 1 aromatic rings. The molecule has 0 unspecified atom stereocenters. The minimum atomic E-state index is -0.0859. The molecule has 2 heterocycles. The van der Waals surface area contributed by atoms with Gasteiger partial charge < -0.3 is 9.80 Å². The number of carbonyl (C=O) groups is 2. The van der Waals surface area contributed by atoms with Crippen LogP contribution in [0.2, 0.25) is 0 Å². The van der Waals surface area contributed by atoms with Crippen LogP contribution in [-0.2, 0) is 22.6 Å². The van der Waals surface area contributed by atoms with Crippen molar-refractivity contribution in [3.63, 3.8) is 0 Å². The quantitative estimate of drug-likeness (QED) is 0.840. The number of amides is 2. The second kappa shape index (κ2) is 7.56. The zero-order valence-corrected chi connectivity index (χ0v) is 15.6. The van der Waals surface area contributed by atoms with E-state index in [0.717, 1.165) is 19.5 Å². The predicted octanol–water partition coefficient (Wildman–Crippen LogP) is 1.76. The van der Waals surface area contributed by atoms with Gasteiger partial charge in [-0.25, -0.2) is 0 Å². The van der Waals surface area contributed by atoms with Crippen LogP contribution >= 0.6 is 0 Å². The molecule has 1 fully saturated rings. The van der Waals surface area contributed by atoms with Crippen molar-refractivity contribution in [3.8, 4) is 0 Å². The second-order valence-electron chi connectivity index (χ2n) is 7.51. The molecule has 5 nitrogen and oxygen atoms in total. The molecule has 0 aromatic heterocycles. The number of fused-ring (bicyclic) bond motifs is 1. The fourth-order valence-corrected chi connectivity index (χ4v) is 4.05. The maximum absolute atomic E-state index is 13.2.